The summed E-state index contributed by atoms with van der Waals surface area (Å²) in [7, 11) is 4.89. The van der Waals surface area contributed by atoms with Crippen LogP contribution < -0.4 is 5.32 Å². The van der Waals surface area contributed by atoms with Crippen LogP contribution >= 0.6 is 0 Å². The summed E-state index contributed by atoms with van der Waals surface area (Å²) in [5.41, 5.74) is -1.94. The smallest absolute Gasteiger partial charge is 0.226 e. The molecule has 282 valence electrons. The summed E-state index contributed by atoms with van der Waals surface area (Å²) in [6, 6.07) is -0.683. The van der Waals surface area contributed by atoms with E-state index >= 15 is 4.39 Å². The second kappa shape index (κ2) is 19.8. The maximum Gasteiger partial charge on any atom is 0.226 e. The Morgan fingerprint density at radius 2 is 1.70 bits per heavy atom. The zero-order valence-electron chi connectivity index (χ0n) is 31.9. The van der Waals surface area contributed by atoms with Crippen LogP contribution in [0.4, 0.5) is 4.39 Å². The molecule has 2 fully saturated rings. The zero-order valence-corrected chi connectivity index (χ0v) is 31.9. The number of Topliss-reactive ketones (excluding diaryl/α,β-unsaturated/α-hetero) is 2. The number of nitrogens with one attached hydrogen (secondary N) is 1. The van der Waals surface area contributed by atoms with Gasteiger partial charge in [0.25, 0.3) is 0 Å². The standard InChI is InChI=1S/C40H64FN3O6/c1-9-28(4)37(43(6)39(48)31(27(2)3)24-35(46)40(41)21-22-42-26-40)34(49-7)25-36(47)44-23-15-19-32(44)38(50-8)29(5)33(45)20-14-18-30-16-12-10-11-13-17-30/h10-13,16-17,27-32,34,37-38,42H,9,14-15,18-26H2,1-8H3/t28-,29-,31-,32-,34+,37-,38+,40-/m0/s1. The van der Waals surface area contributed by atoms with Crippen LogP contribution in [-0.4, -0.2) is 104 Å². The highest BCUT2D eigenvalue weighted by molar-refractivity contribution is 5.92. The fourth-order valence-electron chi connectivity index (χ4n) is 8.03. The number of amides is 2. The average molecular weight is 702 g/mol. The van der Waals surface area contributed by atoms with Gasteiger partial charge in [-0.3, -0.25) is 19.2 Å². The van der Waals surface area contributed by atoms with Gasteiger partial charge in [-0.05, 0) is 50.0 Å². The molecule has 10 heteroatoms. The van der Waals surface area contributed by atoms with E-state index in [1.807, 2.05) is 63.8 Å². The molecule has 50 heavy (non-hydrogen) atoms. The van der Waals surface area contributed by atoms with Crippen molar-refractivity contribution < 1.29 is 33.0 Å². The van der Waals surface area contributed by atoms with E-state index in [0.29, 0.717) is 25.4 Å². The van der Waals surface area contributed by atoms with Crippen LogP contribution in [0, 0.1) is 29.6 Å². The van der Waals surface area contributed by atoms with Gasteiger partial charge in [-0.25, -0.2) is 4.39 Å². The normalized spacial score (nSPS) is 24.5. The number of likely N-dealkylation sites (tertiary alicyclic amines) is 1. The Kier molecular flexibility index (Phi) is 16.5. The molecule has 1 aliphatic carbocycles. The minimum atomic E-state index is -1.94. The van der Waals surface area contributed by atoms with E-state index in [1.54, 1.807) is 26.2 Å². The Bertz CT molecular complexity index is 1210. The summed E-state index contributed by atoms with van der Waals surface area (Å²) in [5, 5.41) is 2.92. The van der Waals surface area contributed by atoms with Crippen molar-refractivity contribution in [1.29, 1.82) is 0 Å². The van der Waals surface area contributed by atoms with Gasteiger partial charge < -0.3 is 24.6 Å². The van der Waals surface area contributed by atoms with E-state index in [1.165, 1.54) is 0 Å². The van der Waals surface area contributed by atoms with Crippen LogP contribution in [0.25, 0.3) is 0 Å². The molecule has 0 unspecified atom stereocenters. The van der Waals surface area contributed by atoms with Crippen molar-refractivity contribution in [2.45, 2.75) is 122 Å². The van der Waals surface area contributed by atoms with Gasteiger partial charge in [0.1, 0.15) is 5.78 Å². The Morgan fingerprint density at radius 1 is 1.02 bits per heavy atom. The number of methoxy groups -OCH3 is 2. The van der Waals surface area contributed by atoms with Gasteiger partial charge in [-0.1, -0.05) is 77.5 Å². The quantitative estimate of drug-likeness (QED) is 0.169. The summed E-state index contributed by atoms with van der Waals surface area (Å²) in [6.45, 7) is 10.7. The van der Waals surface area contributed by atoms with Crippen molar-refractivity contribution in [3.8, 4) is 0 Å². The molecule has 0 aromatic rings. The maximum absolute atomic E-state index is 15.3. The predicted octanol–water partition coefficient (Wildman–Crippen LogP) is 5.88. The minimum absolute atomic E-state index is 0.0178. The molecular formula is C40H64FN3O6. The molecule has 1 N–H and O–H groups in total. The highest BCUT2D eigenvalue weighted by atomic mass is 19.1. The number of likely N-dealkylation sites (N-methyl/N-ethyl adjacent to an activating group) is 1. The van der Waals surface area contributed by atoms with Crippen LogP contribution in [0.3, 0.4) is 0 Å². The molecule has 2 heterocycles. The first-order valence-corrected chi connectivity index (χ1v) is 18.9. The van der Waals surface area contributed by atoms with E-state index in [2.05, 4.69) is 17.5 Å². The Morgan fingerprint density at radius 3 is 2.26 bits per heavy atom. The first-order chi connectivity index (χ1) is 23.8. The van der Waals surface area contributed by atoms with Crippen LogP contribution in [0.2, 0.25) is 0 Å². The summed E-state index contributed by atoms with van der Waals surface area (Å²) < 4.78 is 27.3. The highest BCUT2D eigenvalue weighted by Gasteiger charge is 2.45. The van der Waals surface area contributed by atoms with Crippen molar-refractivity contribution in [3.63, 3.8) is 0 Å². The van der Waals surface area contributed by atoms with Crippen molar-refractivity contribution in [3.05, 3.63) is 36.5 Å². The molecule has 0 saturated carbocycles. The monoisotopic (exact) mass is 701 g/mol. The number of halogens is 1. The number of ketones is 2. The van der Waals surface area contributed by atoms with E-state index in [4.69, 9.17) is 9.47 Å². The first kappa shape index (κ1) is 41.7. The van der Waals surface area contributed by atoms with Crippen molar-refractivity contribution in [1.82, 2.24) is 15.1 Å². The van der Waals surface area contributed by atoms with E-state index in [0.717, 1.165) is 32.1 Å². The van der Waals surface area contributed by atoms with E-state index < -0.39 is 35.6 Å². The number of rotatable bonds is 20. The Balaban J connectivity index is 1.70. The Hall–Kier alpha value is -2.69. The van der Waals surface area contributed by atoms with Gasteiger partial charge >= 0.3 is 0 Å². The third-order valence-electron chi connectivity index (χ3n) is 11.5. The fraction of sp³-hybridized carbons (Fsp3) is 0.750. The average Bonchev–Trinajstić information content (AvgIpc) is 3.69. The molecule has 9 nitrogen and oxygen atoms in total. The summed E-state index contributed by atoms with van der Waals surface area (Å²) >= 11 is 0. The van der Waals surface area contributed by atoms with Gasteiger partial charge in [-0.15, -0.1) is 0 Å². The molecule has 0 bridgehead atoms. The second-order valence-electron chi connectivity index (χ2n) is 15.1. The van der Waals surface area contributed by atoms with E-state index in [-0.39, 0.29) is 67.2 Å². The molecule has 0 aromatic carbocycles. The van der Waals surface area contributed by atoms with Gasteiger partial charge in [-0.2, -0.15) is 0 Å². The minimum Gasteiger partial charge on any atom is -0.379 e. The lowest BCUT2D eigenvalue weighted by molar-refractivity contribution is -0.149. The lowest BCUT2D eigenvalue weighted by Gasteiger charge is -2.41. The molecule has 0 spiro atoms. The van der Waals surface area contributed by atoms with Crippen LogP contribution in [0.1, 0.15) is 92.4 Å². The summed E-state index contributed by atoms with van der Waals surface area (Å²) in [5.74, 6) is -1.68. The highest BCUT2D eigenvalue weighted by Crippen LogP contribution is 2.32. The van der Waals surface area contributed by atoms with Crippen LogP contribution in [-0.2, 0) is 28.7 Å². The molecule has 3 aliphatic rings. The number of hydrogen-bond donors (Lipinski definition) is 1. The topological polar surface area (TPSA) is 105 Å². The van der Waals surface area contributed by atoms with Crippen molar-refractivity contribution in [2.75, 3.05) is 40.9 Å². The molecular weight excluding hydrogens is 637 g/mol. The molecule has 0 radical (unpaired) electrons. The first-order valence-electron chi connectivity index (χ1n) is 18.9. The molecule has 0 aromatic heterocycles. The predicted molar refractivity (Wildman–Crippen MR) is 195 cm³/mol. The number of alkyl halides is 1. The SMILES string of the molecule is CC[C@H](C)[C@@H]([C@@H](CC(=O)N1CCC[C@H]1[C@H](OC)[C@@H](C)C(=O)CCCC1C=CC=CC=C1)OC)N(C)C(=O)[C@@H](CC(=O)[C@]1(F)CCNC1)C(C)C. The Labute approximate surface area is 300 Å². The third-order valence-corrected chi connectivity index (χ3v) is 11.5. The molecule has 8 atom stereocenters. The number of carbonyl (C=O) groups is 4. The summed E-state index contributed by atoms with van der Waals surface area (Å²) in [4.78, 5) is 58.1. The molecule has 2 aliphatic heterocycles. The van der Waals surface area contributed by atoms with E-state index in [9.17, 15) is 19.2 Å². The second-order valence-corrected chi connectivity index (χ2v) is 15.1. The van der Waals surface area contributed by atoms with Crippen molar-refractivity contribution in [2.24, 2.45) is 29.6 Å². The largest absolute Gasteiger partial charge is 0.379 e. The van der Waals surface area contributed by atoms with Crippen molar-refractivity contribution >= 4 is 23.4 Å². The lowest BCUT2D eigenvalue weighted by atomic mass is 9.83. The van der Waals surface area contributed by atoms with Crippen LogP contribution in [0.5, 0.6) is 0 Å². The fourth-order valence-corrected chi connectivity index (χ4v) is 8.03. The summed E-state index contributed by atoms with van der Waals surface area (Å²) in [6.07, 6.45) is 15.8. The van der Waals surface area contributed by atoms with Gasteiger partial charge in [0.05, 0.1) is 30.7 Å². The number of hydrogen-bond acceptors (Lipinski definition) is 7. The lowest BCUT2D eigenvalue weighted by Crippen LogP contribution is -2.54. The zero-order chi connectivity index (χ0) is 37.0. The van der Waals surface area contributed by atoms with Crippen LogP contribution in [0.15, 0.2) is 36.5 Å². The number of ether oxygens (including phenoxy) is 2. The number of carbonyl (C=O) groups excluding carboxylic acids is 4. The molecule has 2 amide bonds. The van der Waals surface area contributed by atoms with Gasteiger partial charge in [0.2, 0.25) is 11.8 Å². The molecule has 3 rings (SSSR count). The number of allylic oxidation sites excluding steroid dienone is 6. The molecule has 2 saturated heterocycles. The van der Waals surface area contributed by atoms with Gasteiger partial charge in [0, 0.05) is 65.5 Å². The number of nitrogens with zero attached hydrogens (tertiary/aromatic N) is 2. The van der Waals surface area contributed by atoms with Gasteiger partial charge in [0.15, 0.2) is 11.5 Å². The third kappa shape index (κ3) is 10.7. The maximum atomic E-state index is 15.3.